The van der Waals surface area contributed by atoms with Gasteiger partial charge in [-0.05, 0) is 36.1 Å². The van der Waals surface area contributed by atoms with Crippen molar-refractivity contribution >= 4 is 23.5 Å². The SMILES string of the molecule is CC(C)C1CCC(=O)N(C)C(N)=NCc2cc(-c3cncc(Cl)c3)ccc2O1. The molecule has 0 spiro atoms. The Morgan fingerprint density at radius 2 is 2.04 bits per heavy atom. The molecule has 3 rings (SSSR count). The molecule has 148 valence electrons. The van der Waals surface area contributed by atoms with Crippen molar-refractivity contribution in [3.8, 4) is 16.9 Å². The number of amides is 1. The van der Waals surface area contributed by atoms with Gasteiger partial charge in [0.2, 0.25) is 5.91 Å². The van der Waals surface area contributed by atoms with Crippen LogP contribution in [0.1, 0.15) is 32.3 Å². The average molecular weight is 401 g/mol. The fourth-order valence-corrected chi connectivity index (χ4v) is 3.27. The lowest BCUT2D eigenvalue weighted by molar-refractivity contribution is -0.127. The molecule has 1 aromatic carbocycles. The van der Waals surface area contributed by atoms with E-state index >= 15 is 0 Å². The van der Waals surface area contributed by atoms with Crippen LogP contribution in [0, 0.1) is 5.92 Å². The van der Waals surface area contributed by atoms with E-state index in [1.165, 1.54) is 4.90 Å². The van der Waals surface area contributed by atoms with Crippen LogP contribution in [0.5, 0.6) is 5.75 Å². The number of nitrogens with two attached hydrogens (primary N) is 1. The Hall–Kier alpha value is -2.60. The van der Waals surface area contributed by atoms with Gasteiger partial charge in [-0.25, -0.2) is 4.99 Å². The van der Waals surface area contributed by atoms with Crippen LogP contribution in [-0.2, 0) is 11.3 Å². The van der Waals surface area contributed by atoms with Gasteiger partial charge in [0.05, 0.1) is 11.6 Å². The molecule has 1 aliphatic heterocycles. The van der Waals surface area contributed by atoms with Crippen molar-refractivity contribution in [1.29, 1.82) is 0 Å². The van der Waals surface area contributed by atoms with E-state index in [-0.39, 0.29) is 23.9 Å². The molecule has 1 aliphatic rings. The molecule has 1 atom stereocenters. The highest BCUT2D eigenvalue weighted by Gasteiger charge is 2.22. The van der Waals surface area contributed by atoms with Crippen LogP contribution in [0.15, 0.2) is 41.7 Å². The van der Waals surface area contributed by atoms with Gasteiger partial charge in [-0.15, -0.1) is 0 Å². The van der Waals surface area contributed by atoms with Crippen molar-refractivity contribution in [2.45, 2.75) is 39.3 Å². The quantitative estimate of drug-likeness (QED) is 0.829. The van der Waals surface area contributed by atoms with E-state index < -0.39 is 0 Å². The molecule has 1 aromatic heterocycles. The normalized spacial score (nSPS) is 18.2. The van der Waals surface area contributed by atoms with Crippen molar-refractivity contribution < 1.29 is 9.53 Å². The minimum absolute atomic E-state index is 0.0628. The number of guanidine groups is 1. The van der Waals surface area contributed by atoms with E-state index in [2.05, 4.69) is 23.8 Å². The van der Waals surface area contributed by atoms with Crippen molar-refractivity contribution in [2.24, 2.45) is 16.6 Å². The van der Waals surface area contributed by atoms with Crippen LogP contribution in [0.2, 0.25) is 5.02 Å². The highest BCUT2D eigenvalue weighted by molar-refractivity contribution is 6.30. The third-order valence-corrected chi connectivity index (χ3v) is 5.10. The highest BCUT2D eigenvalue weighted by Crippen LogP contribution is 2.30. The molecule has 6 nitrogen and oxygen atoms in total. The number of hydrogen-bond donors (Lipinski definition) is 1. The molecule has 1 amide bonds. The number of halogens is 1. The molecule has 2 N–H and O–H groups in total. The number of hydrogen-bond acceptors (Lipinski definition) is 5. The smallest absolute Gasteiger partial charge is 0.229 e. The Labute approximate surface area is 170 Å². The number of carbonyl (C=O) groups is 1. The molecule has 2 aromatic rings. The standard InChI is InChI=1S/C21H25ClN4O2/c1-13(2)18-6-7-20(27)26(3)21(23)25-11-16-8-14(4-5-19(16)28-18)15-9-17(22)12-24-10-15/h4-5,8-10,12-13,18H,6-7,11H2,1-3H3,(H2,23,25). The summed E-state index contributed by atoms with van der Waals surface area (Å²) in [7, 11) is 1.65. The number of fused-ring (bicyclic) bond motifs is 1. The zero-order valence-electron chi connectivity index (χ0n) is 16.4. The number of benzene rings is 1. The zero-order valence-corrected chi connectivity index (χ0v) is 17.1. The molecule has 0 saturated heterocycles. The first-order valence-electron chi connectivity index (χ1n) is 9.32. The minimum Gasteiger partial charge on any atom is -0.490 e. The van der Waals surface area contributed by atoms with E-state index in [0.29, 0.717) is 24.4 Å². The largest absolute Gasteiger partial charge is 0.490 e. The van der Waals surface area contributed by atoms with Gasteiger partial charge in [-0.2, -0.15) is 0 Å². The first kappa shape index (κ1) is 20.1. The third kappa shape index (κ3) is 4.62. The van der Waals surface area contributed by atoms with Gasteiger partial charge in [0.1, 0.15) is 11.9 Å². The van der Waals surface area contributed by atoms with Crippen molar-refractivity contribution in [1.82, 2.24) is 9.88 Å². The molecule has 7 heteroatoms. The molecular formula is C21H25ClN4O2. The van der Waals surface area contributed by atoms with Gasteiger partial charge in [0.15, 0.2) is 5.96 Å². The number of pyridine rings is 1. The second-order valence-corrected chi connectivity index (χ2v) is 7.72. The fraction of sp³-hybridized carbons (Fsp3) is 0.381. The number of rotatable bonds is 2. The molecule has 0 fully saturated rings. The molecule has 2 heterocycles. The summed E-state index contributed by atoms with van der Waals surface area (Å²) in [6.07, 6.45) is 4.27. The number of carbonyl (C=O) groups excluding carboxylic acids is 1. The predicted molar refractivity (Wildman–Crippen MR) is 111 cm³/mol. The molecule has 0 bridgehead atoms. The summed E-state index contributed by atoms with van der Waals surface area (Å²) < 4.78 is 6.30. The van der Waals surface area contributed by atoms with E-state index in [9.17, 15) is 4.79 Å². The summed E-state index contributed by atoms with van der Waals surface area (Å²) >= 11 is 6.08. The number of ether oxygens (including phenoxy) is 1. The second-order valence-electron chi connectivity index (χ2n) is 7.28. The number of aliphatic imine (C=N–C) groups is 1. The van der Waals surface area contributed by atoms with Gasteiger partial charge in [-0.1, -0.05) is 31.5 Å². The molecule has 0 aliphatic carbocycles. The summed E-state index contributed by atoms with van der Waals surface area (Å²) in [6, 6.07) is 7.80. The Morgan fingerprint density at radius 1 is 1.25 bits per heavy atom. The maximum Gasteiger partial charge on any atom is 0.229 e. The fourth-order valence-electron chi connectivity index (χ4n) is 3.09. The topological polar surface area (TPSA) is 80.8 Å². The van der Waals surface area contributed by atoms with Gasteiger partial charge in [0.25, 0.3) is 0 Å². The van der Waals surface area contributed by atoms with Crippen LogP contribution in [-0.4, -0.2) is 34.9 Å². The van der Waals surface area contributed by atoms with E-state index in [0.717, 1.165) is 22.4 Å². The molecule has 1 unspecified atom stereocenters. The van der Waals surface area contributed by atoms with Crippen LogP contribution >= 0.6 is 11.6 Å². The summed E-state index contributed by atoms with van der Waals surface area (Å²) in [6.45, 7) is 4.50. The van der Waals surface area contributed by atoms with Crippen LogP contribution in [0.3, 0.4) is 0 Å². The van der Waals surface area contributed by atoms with Gasteiger partial charge in [0, 0.05) is 37.0 Å². The maximum absolute atomic E-state index is 12.4. The van der Waals surface area contributed by atoms with E-state index in [4.69, 9.17) is 22.1 Å². The van der Waals surface area contributed by atoms with Crippen LogP contribution < -0.4 is 10.5 Å². The highest BCUT2D eigenvalue weighted by atomic mass is 35.5. The Bertz CT molecular complexity index is 898. The summed E-state index contributed by atoms with van der Waals surface area (Å²) in [5.74, 6) is 1.16. The lowest BCUT2D eigenvalue weighted by atomic mass is 10.0. The van der Waals surface area contributed by atoms with Crippen LogP contribution in [0.4, 0.5) is 0 Å². The van der Waals surface area contributed by atoms with Gasteiger partial charge < -0.3 is 10.5 Å². The average Bonchev–Trinajstić information content (AvgIpc) is 2.69. The van der Waals surface area contributed by atoms with Gasteiger partial charge in [-0.3, -0.25) is 14.7 Å². The van der Waals surface area contributed by atoms with E-state index in [1.807, 2.05) is 24.3 Å². The molecule has 0 saturated carbocycles. The Balaban J connectivity index is 2.03. The Kier molecular flexibility index (Phi) is 6.19. The first-order valence-corrected chi connectivity index (χ1v) is 9.70. The summed E-state index contributed by atoms with van der Waals surface area (Å²) in [5, 5.41) is 0.576. The summed E-state index contributed by atoms with van der Waals surface area (Å²) in [4.78, 5) is 22.3. The van der Waals surface area contributed by atoms with Crippen molar-refractivity contribution in [3.05, 3.63) is 47.2 Å². The van der Waals surface area contributed by atoms with Crippen LogP contribution in [0.25, 0.3) is 11.1 Å². The van der Waals surface area contributed by atoms with Crippen molar-refractivity contribution in [2.75, 3.05) is 7.05 Å². The zero-order chi connectivity index (χ0) is 20.3. The lowest BCUT2D eigenvalue weighted by Gasteiger charge is -2.24. The molecule has 0 radical (unpaired) electrons. The maximum atomic E-state index is 12.4. The van der Waals surface area contributed by atoms with Crippen molar-refractivity contribution in [3.63, 3.8) is 0 Å². The lowest BCUT2D eigenvalue weighted by Crippen LogP contribution is -2.39. The minimum atomic E-state index is -0.0749. The Morgan fingerprint density at radius 3 is 2.75 bits per heavy atom. The molecule has 28 heavy (non-hydrogen) atoms. The number of nitrogens with zero attached hydrogens (tertiary/aromatic N) is 3. The van der Waals surface area contributed by atoms with Gasteiger partial charge >= 0.3 is 0 Å². The molecular weight excluding hydrogens is 376 g/mol. The number of aromatic nitrogens is 1. The predicted octanol–water partition coefficient (Wildman–Crippen LogP) is 3.87. The summed E-state index contributed by atoms with van der Waals surface area (Å²) in [5.41, 5.74) is 8.79. The third-order valence-electron chi connectivity index (χ3n) is 4.89. The first-order chi connectivity index (χ1) is 13.3. The second kappa shape index (κ2) is 8.61. The van der Waals surface area contributed by atoms with E-state index in [1.54, 1.807) is 19.4 Å². The monoisotopic (exact) mass is 400 g/mol.